The summed E-state index contributed by atoms with van der Waals surface area (Å²) >= 11 is 6.22. The quantitative estimate of drug-likeness (QED) is 0.526. The summed E-state index contributed by atoms with van der Waals surface area (Å²) in [6.07, 6.45) is 4.82. The fourth-order valence-corrected chi connectivity index (χ4v) is 3.42. The van der Waals surface area contributed by atoms with Crippen molar-refractivity contribution in [2.75, 3.05) is 7.05 Å². The molecule has 6 nitrogen and oxygen atoms in total. The van der Waals surface area contributed by atoms with Gasteiger partial charge in [-0.3, -0.25) is 14.3 Å². The van der Waals surface area contributed by atoms with Crippen molar-refractivity contribution in [3.05, 3.63) is 74.6 Å². The van der Waals surface area contributed by atoms with Crippen LogP contribution in [0, 0.1) is 18.6 Å². The molecule has 4 radical (unpaired) electrons. The minimum absolute atomic E-state index is 0.210. The van der Waals surface area contributed by atoms with Gasteiger partial charge in [0.2, 0.25) is 0 Å². The van der Waals surface area contributed by atoms with Crippen molar-refractivity contribution in [1.82, 2.24) is 14.5 Å². The average Bonchev–Trinajstić information content (AvgIpc) is 2.67. The van der Waals surface area contributed by atoms with Gasteiger partial charge in [0.1, 0.15) is 56.1 Å². The Labute approximate surface area is 185 Å². The number of allylic oxidation sites excluding steroid dienone is 2. The van der Waals surface area contributed by atoms with Crippen LogP contribution < -0.4 is 10.3 Å². The van der Waals surface area contributed by atoms with Gasteiger partial charge in [0.25, 0.3) is 5.56 Å². The van der Waals surface area contributed by atoms with Gasteiger partial charge in [-0.05, 0) is 25.5 Å². The Morgan fingerprint density at radius 2 is 1.97 bits per heavy atom. The van der Waals surface area contributed by atoms with Gasteiger partial charge < -0.3 is 14.4 Å². The maximum atomic E-state index is 14.1. The minimum atomic E-state index is -2.34. The molecule has 0 aliphatic carbocycles. The second-order valence-electron chi connectivity index (χ2n) is 7.14. The second-order valence-corrected chi connectivity index (χ2v) is 7.52. The van der Waals surface area contributed by atoms with Crippen molar-refractivity contribution >= 4 is 39.3 Å². The van der Waals surface area contributed by atoms with E-state index in [0.29, 0.717) is 17.5 Å². The Kier molecular flexibility index (Phi) is 6.14. The zero-order valence-electron chi connectivity index (χ0n) is 16.9. The first-order valence-corrected chi connectivity index (χ1v) is 9.42. The zero-order chi connectivity index (χ0) is 23.1. The summed E-state index contributed by atoms with van der Waals surface area (Å²) in [4.78, 5) is 29.6. The number of pyridine rings is 2. The number of aromatic nitrogens is 2. The van der Waals surface area contributed by atoms with Gasteiger partial charge in [-0.15, -0.1) is 0 Å². The first-order chi connectivity index (χ1) is 14.5. The number of aldehydes is 1. The van der Waals surface area contributed by atoms with E-state index in [1.807, 2.05) is 0 Å². The van der Waals surface area contributed by atoms with Crippen molar-refractivity contribution in [2.24, 2.45) is 0 Å². The molecule has 0 bridgehead atoms. The number of likely N-dealkylation sites (N-methyl/N-ethyl adjacent to an activating group) is 1. The average molecular weight is 441 g/mol. The highest BCUT2D eigenvalue weighted by Gasteiger charge is 2.30. The molecule has 0 N–H and O–H groups in total. The molecule has 1 aliphatic heterocycles. The number of carbonyl (C=O) groups excluding carboxylic acids is 1. The number of ether oxygens (including phenoxy) is 1. The molecule has 0 saturated heterocycles. The summed E-state index contributed by atoms with van der Waals surface area (Å²) in [5, 5.41) is -2.71. The Morgan fingerprint density at radius 3 is 2.58 bits per heavy atom. The predicted molar refractivity (Wildman–Crippen MR) is 114 cm³/mol. The van der Waals surface area contributed by atoms with E-state index in [0.717, 1.165) is 18.1 Å². The van der Waals surface area contributed by atoms with Crippen molar-refractivity contribution in [3.63, 3.8) is 0 Å². The lowest BCUT2D eigenvalue weighted by molar-refractivity contribution is -0.110. The Hall–Kier alpha value is -2.87. The Balaban J connectivity index is 2.06. The standard InChI is InChI=1S/C20H16B2ClF2N3O3/c1-10-8-27(3)13(9-29)6-15(10)28-11(2)4-16(17(23)19(28)30)31-20(21,22)18-14(25)5-12(24)7-26-18/h4-9,13H,1-3H3. The third kappa shape index (κ3) is 4.30. The van der Waals surface area contributed by atoms with E-state index < -0.39 is 34.3 Å². The van der Waals surface area contributed by atoms with Crippen LogP contribution in [0.25, 0.3) is 5.70 Å². The van der Waals surface area contributed by atoms with E-state index in [1.165, 1.54) is 10.6 Å². The minimum Gasteiger partial charge on any atom is -0.499 e. The summed E-state index contributed by atoms with van der Waals surface area (Å²) in [6.45, 7) is 3.39. The predicted octanol–water partition coefficient (Wildman–Crippen LogP) is 2.27. The number of aryl methyl sites for hydroxylation is 1. The van der Waals surface area contributed by atoms with Crippen LogP contribution in [-0.2, 0) is 10.2 Å². The SMILES string of the molecule is [B]C([B])(Oc1cc(C)n(C2=CC(C=O)N(C)C=C2C)c(=O)c1Cl)c1ncc(F)cc1F. The van der Waals surface area contributed by atoms with Crippen molar-refractivity contribution < 1.29 is 18.3 Å². The normalized spacial score (nSPS) is 16.6. The van der Waals surface area contributed by atoms with Gasteiger partial charge in [0.15, 0.2) is 0 Å². The third-order valence-corrected chi connectivity index (χ3v) is 5.09. The Morgan fingerprint density at radius 1 is 1.29 bits per heavy atom. The largest absolute Gasteiger partial charge is 0.499 e. The molecule has 2 aromatic rings. The molecule has 1 atom stereocenters. The molecular weight excluding hydrogens is 425 g/mol. The lowest BCUT2D eigenvalue weighted by Gasteiger charge is -2.30. The number of hydrogen-bond donors (Lipinski definition) is 0. The van der Waals surface area contributed by atoms with E-state index in [-0.39, 0.29) is 10.8 Å². The molecule has 2 aromatic heterocycles. The molecule has 0 spiro atoms. The smallest absolute Gasteiger partial charge is 0.277 e. The first kappa shape index (κ1) is 22.8. The number of nitrogens with zero attached hydrogens (tertiary/aromatic N) is 3. The maximum absolute atomic E-state index is 14.1. The monoisotopic (exact) mass is 441 g/mol. The zero-order valence-corrected chi connectivity index (χ0v) is 17.7. The number of rotatable bonds is 5. The fraction of sp³-hybridized carbons (Fsp3) is 0.250. The molecule has 31 heavy (non-hydrogen) atoms. The highest BCUT2D eigenvalue weighted by Crippen LogP contribution is 2.31. The first-order valence-electron chi connectivity index (χ1n) is 9.05. The van der Waals surface area contributed by atoms with Gasteiger partial charge in [-0.25, -0.2) is 8.78 Å². The van der Waals surface area contributed by atoms with Crippen LogP contribution in [0.4, 0.5) is 8.78 Å². The van der Waals surface area contributed by atoms with Gasteiger partial charge in [0, 0.05) is 31.1 Å². The molecule has 0 aromatic carbocycles. The molecule has 0 amide bonds. The van der Waals surface area contributed by atoms with E-state index in [1.54, 1.807) is 38.1 Å². The summed E-state index contributed by atoms with van der Waals surface area (Å²) in [7, 11) is 13.4. The molecule has 1 aliphatic rings. The van der Waals surface area contributed by atoms with Crippen molar-refractivity contribution in [2.45, 2.75) is 25.3 Å². The number of carbonyl (C=O) groups is 1. The lowest BCUT2D eigenvalue weighted by atomic mass is 9.62. The van der Waals surface area contributed by atoms with Crippen LogP contribution in [0.2, 0.25) is 5.02 Å². The van der Waals surface area contributed by atoms with E-state index in [4.69, 9.17) is 32.0 Å². The molecule has 1 unspecified atom stereocenters. The topological polar surface area (TPSA) is 64.4 Å². The highest BCUT2D eigenvalue weighted by molar-refractivity contribution is 6.39. The van der Waals surface area contributed by atoms with E-state index in [9.17, 15) is 18.4 Å². The summed E-state index contributed by atoms with van der Waals surface area (Å²) in [6, 6.07) is 1.38. The third-order valence-electron chi connectivity index (χ3n) is 4.74. The molecule has 156 valence electrons. The summed E-state index contributed by atoms with van der Waals surface area (Å²) in [5.41, 5.74) is 0.357. The molecule has 0 fully saturated rings. The van der Waals surface area contributed by atoms with Crippen molar-refractivity contribution in [1.29, 1.82) is 0 Å². The molecule has 11 heteroatoms. The number of halogens is 3. The van der Waals surface area contributed by atoms with Gasteiger partial charge in [-0.2, -0.15) is 0 Å². The van der Waals surface area contributed by atoms with Crippen LogP contribution in [-0.4, -0.2) is 49.5 Å². The fourth-order valence-electron chi connectivity index (χ4n) is 3.24. The van der Waals surface area contributed by atoms with Gasteiger partial charge in [0.05, 0.1) is 17.3 Å². The molecule has 3 heterocycles. The lowest BCUT2D eigenvalue weighted by Crippen LogP contribution is -2.37. The van der Waals surface area contributed by atoms with Crippen LogP contribution in [0.15, 0.2) is 41.0 Å². The van der Waals surface area contributed by atoms with Gasteiger partial charge in [-0.1, -0.05) is 11.6 Å². The van der Waals surface area contributed by atoms with Crippen LogP contribution >= 0.6 is 11.6 Å². The van der Waals surface area contributed by atoms with Crippen LogP contribution in [0.3, 0.4) is 0 Å². The van der Waals surface area contributed by atoms with E-state index >= 15 is 0 Å². The van der Waals surface area contributed by atoms with Crippen LogP contribution in [0.5, 0.6) is 5.75 Å². The van der Waals surface area contributed by atoms with Crippen molar-refractivity contribution in [3.8, 4) is 5.75 Å². The summed E-state index contributed by atoms with van der Waals surface area (Å²) < 4.78 is 33.9. The Bertz CT molecular complexity index is 1180. The molecule has 0 saturated carbocycles. The maximum Gasteiger partial charge on any atom is 0.277 e. The highest BCUT2D eigenvalue weighted by atomic mass is 35.5. The van der Waals surface area contributed by atoms with E-state index in [2.05, 4.69) is 4.98 Å². The summed E-state index contributed by atoms with van der Waals surface area (Å²) in [5.74, 6) is -2.25. The molecule has 3 rings (SSSR count). The number of hydrogen-bond acceptors (Lipinski definition) is 5. The van der Waals surface area contributed by atoms with Gasteiger partial charge >= 0.3 is 0 Å². The van der Waals surface area contributed by atoms with Crippen LogP contribution in [0.1, 0.15) is 18.3 Å². The second kappa shape index (κ2) is 8.34. The molecular formula is C20H16B2ClF2N3O3.